The first-order valence-electron chi connectivity index (χ1n) is 10.4. The number of carbonyl (C=O) groups excluding carboxylic acids is 1. The molecule has 0 bridgehead atoms. The summed E-state index contributed by atoms with van der Waals surface area (Å²) >= 11 is 0. The number of carbonyl (C=O) groups is 1. The molecule has 0 aliphatic rings. The number of amides is 1. The van der Waals surface area contributed by atoms with Crippen LogP contribution in [-0.4, -0.2) is 10.9 Å². The zero-order chi connectivity index (χ0) is 24.1. The van der Waals surface area contributed by atoms with Crippen molar-refractivity contribution in [3.05, 3.63) is 118 Å². The van der Waals surface area contributed by atoms with E-state index in [0.717, 1.165) is 23.3 Å². The van der Waals surface area contributed by atoms with Crippen LogP contribution in [0.25, 0.3) is 11.1 Å². The van der Waals surface area contributed by atoms with Crippen molar-refractivity contribution >= 4 is 17.3 Å². The van der Waals surface area contributed by atoms with E-state index in [4.69, 9.17) is 0 Å². The Morgan fingerprint density at radius 2 is 1.62 bits per heavy atom. The van der Waals surface area contributed by atoms with E-state index in [1.807, 2.05) is 30.3 Å². The van der Waals surface area contributed by atoms with E-state index in [-0.39, 0.29) is 16.8 Å². The molecule has 4 rings (SSSR count). The van der Waals surface area contributed by atoms with Gasteiger partial charge in [0.25, 0.3) is 11.5 Å². The van der Waals surface area contributed by atoms with Gasteiger partial charge >= 0.3 is 6.18 Å². The minimum absolute atomic E-state index is 0.0442. The highest BCUT2D eigenvalue weighted by Crippen LogP contribution is 2.31. The van der Waals surface area contributed by atoms with E-state index in [9.17, 15) is 22.8 Å². The Balaban J connectivity index is 1.52. The normalized spacial score (nSPS) is 11.1. The number of H-pyrrole nitrogens is 1. The second-order valence-electron chi connectivity index (χ2n) is 7.55. The molecule has 4 aromatic rings. The van der Waals surface area contributed by atoms with Crippen molar-refractivity contribution in [3.63, 3.8) is 0 Å². The monoisotopic (exact) mass is 463 g/mol. The highest BCUT2D eigenvalue weighted by atomic mass is 19.4. The van der Waals surface area contributed by atoms with Gasteiger partial charge in [-0.2, -0.15) is 13.2 Å². The zero-order valence-corrected chi connectivity index (χ0v) is 17.8. The van der Waals surface area contributed by atoms with E-state index in [0.29, 0.717) is 17.8 Å². The standard InChI is InChI=1S/C26H20F3N3O2/c27-26(28,29)19-9-6-10-20(14-19)32-25(34)21-11-4-5-12-23(21)30-15-17-13-22(24(33)31-16-17)18-7-2-1-3-8-18/h1-14,16,30H,15H2,(H,31,33)(H,32,34). The zero-order valence-electron chi connectivity index (χ0n) is 17.8. The van der Waals surface area contributed by atoms with Gasteiger partial charge in [0.2, 0.25) is 0 Å². The van der Waals surface area contributed by atoms with Gasteiger partial charge in [0, 0.05) is 29.7 Å². The minimum atomic E-state index is -4.50. The van der Waals surface area contributed by atoms with Crippen LogP contribution in [0, 0.1) is 0 Å². The predicted molar refractivity (Wildman–Crippen MR) is 126 cm³/mol. The molecule has 1 amide bonds. The van der Waals surface area contributed by atoms with Crippen LogP contribution in [0.1, 0.15) is 21.5 Å². The first-order valence-corrected chi connectivity index (χ1v) is 10.4. The summed E-state index contributed by atoms with van der Waals surface area (Å²) in [4.78, 5) is 27.8. The SMILES string of the molecule is O=C(Nc1cccc(C(F)(F)F)c1)c1ccccc1NCc1c[nH]c(=O)c(-c2ccccc2)c1. The molecule has 0 saturated carbocycles. The highest BCUT2D eigenvalue weighted by molar-refractivity contribution is 6.08. The topological polar surface area (TPSA) is 74.0 Å². The van der Waals surface area contributed by atoms with Gasteiger partial charge in [-0.15, -0.1) is 0 Å². The summed E-state index contributed by atoms with van der Waals surface area (Å²) in [6.45, 7) is 0.310. The summed E-state index contributed by atoms with van der Waals surface area (Å²) < 4.78 is 38.9. The number of halogens is 3. The Morgan fingerprint density at radius 3 is 2.38 bits per heavy atom. The van der Waals surface area contributed by atoms with Crippen LogP contribution in [0.15, 0.2) is 95.9 Å². The molecule has 1 aromatic heterocycles. The van der Waals surface area contributed by atoms with E-state index < -0.39 is 17.6 Å². The van der Waals surface area contributed by atoms with Crippen molar-refractivity contribution in [1.82, 2.24) is 4.98 Å². The van der Waals surface area contributed by atoms with Crippen molar-refractivity contribution in [2.45, 2.75) is 12.7 Å². The molecular weight excluding hydrogens is 443 g/mol. The van der Waals surface area contributed by atoms with Gasteiger partial charge in [-0.25, -0.2) is 0 Å². The van der Waals surface area contributed by atoms with Crippen molar-refractivity contribution in [2.75, 3.05) is 10.6 Å². The molecule has 0 saturated heterocycles. The molecule has 172 valence electrons. The van der Waals surface area contributed by atoms with Gasteiger partial charge in [0.15, 0.2) is 0 Å². The molecule has 0 aliphatic heterocycles. The number of aromatic nitrogens is 1. The van der Waals surface area contributed by atoms with Crippen molar-refractivity contribution in [3.8, 4) is 11.1 Å². The summed E-state index contributed by atoms with van der Waals surface area (Å²) in [7, 11) is 0. The molecule has 8 heteroatoms. The number of nitrogens with one attached hydrogen (secondary N) is 3. The lowest BCUT2D eigenvalue weighted by Gasteiger charge is -2.14. The van der Waals surface area contributed by atoms with Crippen LogP contribution in [-0.2, 0) is 12.7 Å². The quantitative estimate of drug-likeness (QED) is 0.332. The Kier molecular flexibility index (Phi) is 6.49. The molecule has 0 fully saturated rings. The first-order chi connectivity index (χ1) is 16.3. The summed E-state index contributed by atoms with van der Waals surface area (Å²) in [5, 5.41) is 5.69. The van der Waals surface area contributed by atoms with Crippen molar-refractivity contribution in [1.29, 1.82) is 0 Å². The number of anilines is 2. The van der Waals surface area contributed by atoms with Gasteiger partial charge < -0.3 is 15.6 Å². The average molecular weight is 463 g/mol. The second-order valence-corrected chi connectivity index (χ2v) is 7.55. The fourth-order valence-corrected chi connectivity index (χ4v) is 3.47. The second kappa shape index (κ2) is 9.66. The molecule has 0 atom stereocenters. The smallest absolute Gasteiger partial charge is 0.380 e. The number of pyridine rings is 1. The summed E-state index contributed by atoms with van der Waals surface area (Å²) in [5.41, 5.74) is 1.85. The predicted octanol–water partition coefficient (Wildman–Crippen LogP) is 5.93. The molecule has 0 spiro atoms. The molecular formula is C26H20F3N3O2. The lowest BCUT2D eigenvalue weighted by atomic mass is 10.1. The summed E-state index contributed by atoms with van der Waals surface area (Å²) in [5.74, 6) is -0.547. The maximum Gasteiger partial charge on any atom is 0.416 e. The van der Waals surface area contributed by atoms with Gasteiger partial charge in [0.1, 0.15) is 0 Å². The van der Waals surface area contributed by atoms with E-state index in [1.54, 1.807) is 36.5 Å². The maximum absolute atomic E-state index is 13.0. The number of hydrogen-bond donors (Lipinski definition) is 3. The number of alkyl halides is 3. The number of hydrogen-bond acceptors (Lipinski definition) is 3. The average Bonchev–Trinajstić information content (AvgIpc) is 2.84. The van der Waals surface area contributed by atoms with Crippen LogP contribution < -0.4 is 16.2 Å². The molecule has 3 N–H and O–H groups in total. The molecule has 0 unspecified atom stereocenters. The third kappa shape index (κ3) is 5.35. The summed E-state index contributed by atoms with van der Waals surface area (Å²) in [6, 6.07) is 22.2. The number of rotatable bonds is 6. The van der Waals surface area contributed by atoms with E-state index >= 15 is 0 Å². The Hall–Kier alpha value is -4.33. The first kappa shape index (κ1) is 22.8. The molecule has 1 heterocycles. The molecule has 0 radical (unpaired) electrons. The lowest BCUT2D eigenvalue weighted by Crippen LogP contribution is -2.16. The van der Waals surface area contributed by atoms with Gasteiger partial charge in [-0.05, 0) is 47.5 Å². The Labute approximate surface area is 193 Å². The van der Waals surface area contributed by atoms with Crippen molar-refractivity contribution in [2.24, 2.45) is 0 Å². The van der Waals surface area contributed by atoms with Gasteiger partial charge in [-0.3, -0.25) is 9.59 Å². The van der Waals surface area contributed by atoms with Gasteiger partial charge in [-0.1, -0.05) is 48.5 Å². The minimum Gasteiger partial charge on any atom is -0.380 e. The van der Waals surface area contributed by atoms with Crippen LogP contribution in [0.4, 0.5) is 24.5 Å². The van der Waals surface area contributed by atoms with Crippen LogP contribution >= 0.6 is 0 Å². The third-order valence-corrected chi connectivity index (χ3v) is 5.15. The molecule has 3 aromatic carbocycles. The number of aromatic amines is 1. The molecule has 34 heavy (non-hydrogen) atoms. The highest BCUT2D eigenvalue weighted by Gasteiger charge is 2.30. The van der Waals surface area contributed by atoms with E-state index in [2.05, 4.69) is 15.6 Å². The van der Waals surface area contributed by atoms with Crippen LogP contribution in [0.3, 0.4) is 0 Å². The molecule has 0 aliphatic carbocycles. The van der Waals surface area contributed by atoms with Crippen LogP contribution in [0.2, 0.25) is 0 Å². The van der Waals surface area contributed by atoms with Crippen molar-refractivity contribution < 1.29 is 18.0 Å². The fourth-order valence-electron chi connectivity index (χ4n) is 3.47. The molecule has 5 nitrogen and oxygen atoms in total. The lowest BCUT2D eigenvalue weighted by molar-refractivity contribution is -0.137. The maximum atomic E-state index is 13.0. The fraction of sp³-hybridized carbons (Fsp3) is 0.0769. The van der Waals surface area contributed by atoms with E-state index in [1.165, 1.54) is 12.1 Å². The Morgan fingerprint density at radius 1 is 0.882 bits per heavy atom. The van der Waals surface area contributed by atoms with Gasteiger partial charge in [0.05, 0.1) is 11.1 Å². The number of benzene rings is 3. The number of para-hydroxylation sites is 1. The third-order valence-electron chi connectivity index (χ3n) is 5.15. The largest absolute Gasteiger partial charge is 0.416 e. The van der Waals surface area contributed by atoms with Crippen LogP contribution in [0.5, 0.6) is 0 Å². The summed E-state index contributed by atoms with van der Waals surface area (Å²) in [6.07, 6.45) is -2.91. The Bertz CT molecular complexity index is 1370.